The molecule has 1 N–H and O–H groups in total. The Morgan fingerprint density at radius 2 is 2.50 bits per heavy atom. The van der Waals surface area contributed by atoms with Gasteiger partial charge in [0.2, 0.25) is 0 Å². The largest absolute Gasteiger partial charge is 0.392 e. The summed E-state index contributed by atoms with van der Waals surface area (Å²) in [5, 5.41) is 9.77. The van der Waals surface area contributed by atoms with Crippen LogP contribution >= 0.6 is 11.8 Å². The first-order chi connectivity index (χ1) is 4.83. The predicted octanol–water partition coefficient (Wildman–Crippen LogP) is 0.889. The molecule has 0 aliphatic carbocycles. The number of hydrogen-bond donors (Lipinski definition) is 1. The normalized spacial score (nSPS) is 33.0. The van der Waals surface area contributed by atoms with Gasteiger partial charge in [-0.1, -0.05) is 0 Å². The monoisotopic (exact) mass is 162 g/mol. The number of aliphatic hydroxyl groups is 1. The van der Waals surface area contributed by atoms with E-state index in [4.69, 9.17) is 9.84 Å². The molecule has 1 unspecified atom stereocenters. The third kappa shape index (κ3) is 2.48. The molecule has 0 aromatic heterocycles. The minimum atomic E-state index is -0.0631. The summed E-state index contributed by atoms with van der Waals surface area (Å²) >= 11 is 1.86. The van der Waals surface area contributed by atoms with Crippen LogP contribution in [0.5, 0.6) is 0 Å². The first-order valence-corrected chi connectivity index (χ1v) is 4.66. The zero-order chi connectivity index (χ0) is 7.40. The fraction of sp³-hybridized carbons (Fsp3) is 1.00. The van der Waals surface area contributed by atoms with Gasteiger partial charge in [-0.15, -0.1) is 0 Å². The standard InChI is InChI=1S/C7H14O2S/c1-9-3-2-7-4-6(8)5-10-7/h6-8H,2-5H2,1H3/t6?,7-/m0/s1. The summed E-state index contributed by atoms with van der Waals surface area (Å²) < 4.78 is 4.94. The first-order valence-electron chi connectivity index (χ1n) is 3.61. The molecule has 0 amide bonds. The lowest BCUT2D eigenvalue weighted by Crippen LogP contribution is -2.07. The molecule has 60 valence electrons. The van der Waals surface area contributed by atoms with Gasteiger partial charge < -0.3 is 9.84 Å². The third-order valence-corrected chi connectivity index (χ3v) is 3.18. The van der Waals surface area contributed by atoms with E-state index in [1.54, 1.807) is 7.11 Å². The van der Waals surface area contributed by atoms with E-state index in [1.807, 2.05) is 11.8 Å². The maximum absolute atomic E-state index is 9.14. The molecular formula is C7H14O2S. The molecular weight excluding hydrogens is 148 g/mol. The molecule has 1 rings (SSSR count). The molecule has 1 fully saturated rings. The topological polar surface area (TPSA) is 29.5 Å². The molecule has 0 spiro atoms. The molecule has 0 aromatic rings. The highest BCUT2D eigenvalue weighted by Crippen LogP contribution is 2.28. The molecule has 0 saturated carbocycles. The van der Waals surface area contributed by atoms with Crippen LogP contribution in [0.2, 0.25) is 0 Å². The SMILES string of the molecule is COCC[C@H]1CC(O)CS1. The Bertz CT molecular complexity index is 97.6. The smallest absolute Gasteiger partial charge is 0.0641 e. The van der Waals surface area contributed by atoms with Crippen LogP contribution in [0.15, 0.2) is 0 Å². The Labute approximate surface area is 66.0 Å². The Hall–Kier alpha value is 0.270. The van der Waals surface area contributed by atoms with Crippen LogP contribution in [0, 0.1) is 0 Å². The average Bonchev–Trinajstić information content (AvgIpc) is 2.31. The maximum Gasteiger partial charge on any atom is 0.0641 e. The summed E-state index contributed by atoms with van der Waals surface area (Å²) in [6, 6.07) is 0. The van der Waals surface area contributed by atoms with Crippen molar-refractivity contribution in [2.45, 2.75) is 24.2 Å². The molecule has 1 saturated heterocycles. The zero-order valence-corrected chi connectivity index (χ0v) is 7.06. The third-order valence-electron chi connectivity index (χ3n) is 1.70. The maximum atomic E-state index is 9.14. The van der Waals surface area contributed by atoms with E-state index < -0.39 is 0 Å². The second-order valence-electron chi connectivity index (χ2n) is 2.63. The van der Waals surface area contributed by atoms with Gasteiger partial charge in [-0.3, -0.25) is 0 Å². The van der Waals surface area contributed by atoms with Gasteiger partial charge in [-0.25, -0.2) is 0 Å². The van der Waals surface area contributed by atoms with Gasteiger partial charge in [0.15, 0.2) is 0 Å². The lowest BCUT2D eigenvalue weighted by molar-refractivity contribution is 0.175. The number of aliphatic hydroxyl groups excluding tert-OH is 1. The fourth-order valence-electron chi connectivity index (χ4n) is 1.14. The number of ether oxygens (including phenoxy) is 1. The molecule has 0 radical (unpaired) electrons. The predicted molar refractivity (Wildman–Crippen MR) is 43.4 cm³/mol. The lowest BCUT2D eigenvalue weighted by atomic mass is 10.2. The lowest BCUT2D eigenvalue weighted by Gasteiger charge is -2.05. The van der Waals surface area contributed by atoms with E-state index in [1.165, 1.54) is 0 Å². The summed E-state index contributed by atoms with van der Waals surface area (Å²) in [5.41, 5.74) is 0. The van der Waals surface area contributed by atoms with Crippen LogP contribution in [0.25, 0.3) is 0 Å². The Morgan fingerprint density at radius 3 is 3.00 bits per heavy atom. The van der Waals surface area contributed by atoms with Crippen molar-refractivity contribution in [3.05, 3.63) is 0 Å². The van der Waals surface area contributed by atoms with Gasteiger partial charge in [0.25, 0.3) is 0 Å². The summed E-state index contributed by atoms with van der Waals surface area (Å²) in [6.07, 6.45) is 1.97. The number of thioether (sulfide) groups is 1. The van der Waals surface area contributed by atoms with Crippen molar-refractivity contribution in [3.63, 3.8) is 0 Å². The Balaban J connectivity index is 2.06. The van der Waals surface area contributed by atoms with E-state index in [2.05, 4.69) is 0 Å². The zero-order valence-electron chi connectivity index (χ0n) is 6.25. The summed E-state index contributed by atoms with van der Waals surface area (Å²) in [7, 11) is 1.72. The minimum absolute atomic E-state index is 0.0631. The van der Waals surface area contributed by atoms with Crippen LogP contribution in [0.3, 0.4) is 0 Å². The fourth-order valence-corrected chi connectivity index (χ4v) is 2.39. The second kappa shape index (κ2) is 4.21. The van der Waals surface area contributed by atoms with E-state index >= 15 is 0 Å². The summed E-state index contributed by atoms with van der Waals surface area (Å²) in [6.45, 7) is 0.824. The quantitative estimate of drug-likeness (QED) is 0.668. The van der Waals surface area contributed by atoms with Gasteiger partial charge in [0.1, 0.15) is 0 Å². The molecule has 1 aliphatic rings. The Morgan fingerprint density at radius 1 is 1.70 bits per heavy atom. The van der Waals surface area contributed by atoms with Crippen LogP contribution in [-0.2, 0) is 4.74 Å². The molecule has 2 nitrogen and oxygen atoms in total. The molecule has 0 aromatic carbocycles. The van der Waals surface area contributed by atoms with Crippen molar-refractivity contribution in [1.82, 2.24) is 0 Å². The minimum Gasteiger partial charge on any atom is -0.392 e. The van der Waals surface area contributed by atoms with Gasteiger partial charge in [0, 0.05) is 24.7 Å². The molecule has 0 bridgehead atoms. The van der Waals surface area contributed by atoms with E-state index in [9.17, 15) is 0 Å². The van der Waals surface area contributed by atoms with E-state index in [-0.39, 0.29) is 6.10 Å². The Kier molecular flexibility index (Phi) is 3.52. The van der Waals surface area contributed by atoms with Gasteiger partial charge in [-0.05, 0) is 12.8 Å². The van der Waals surface area contributed by atoms with Crippen molar-refractivity contribution >= 4 is 11.8 Å². The van der Waals surface area contributed by atoms with Crippen LogP contribution in [-0.4, -0.2) is 35.9 Å². The van der Waals surface area contributed by atoms with Gasteiger partial charge in [0.05, 0.1) is 6.10 Å². The van der Waals surface area contributed by atoms with Crippen LogP contribution < -0.4 is 0 Å². The van der Waals surface area contributed by atoms with Crippen LogP contribution in [0.1, 0.15) is 12.8 Å². The van der Waals surface area contributed by atoms with Gasteiger partial charge in [-0.2, -0.15) is 11.8 Å². The van der Waals surface area contributed by atoms with Gasteiger partial charge >= 0.3 is 0 Å². The highest BCUT2D eigenvalue weighted by molar-refractivity contribution is 8.00. The van der Waals surface area contributed by atoms with Crippen molar-refractivity contribution in [1.29, 1.82) is 0 Å². The van der Waals surface area contributed by atoms with E-state index in [0.717, 1.165) is 25.2 Å². The number of methoxy groups -OCH3 is 1. The van der Waals surface area contributed by atoms with Crippen molar-refractivity contribution < 1.29 is 9.84 Å². The molecule has 2 atom stereocenters. The van der Waals surface area contributed by atoms with E-state index in [0.29, 0.717) is 5.25 Å². The second-order valence-corrected chi connectivity index (χ2v) is 3.96. The number of hydrogen-bond acceptors (Lipinski definition) is 3. The summed E-state index contributed by atoms with van der Waals surface area (Å²) in [5.74, 6) is 0.911. The first kappa shape index (κ1) is 8.37. The number of rotatable bonds is 3. The van der Waals surface area contributed by atoms with Crippen molar-refractivity contribution in [3.8, 4) is 0 Å². The molecule has 1 aliphatic heterocycles. The molecule has 1 heterocycles. The van der Waals surface area contributed by atoms with Crippen molar-refractivity contribution in [2.75, 3.05) is 19.5 Å². The highest BCUT2D eigenvalue weighted by Gasteiger charge is 2.22. The average molecular weight is 162 g/mol. The molecule has 10 heavy (non-hydrogen) atoms. The molecule has 3 heteroatoms. The van der Waals surface area contributed by atoms with Crippen molar-refractivity contribution in [2.24, 2.45) is 0 Å². The van der Waals surface area contributed by atoms with Crippen LogP contribution in [0.4, 0.5) is 0 Å². The summed E-state index contributed by atoms with van der Waals surface area (Å²) in [4.78, 5) is 0. The highest BCUT2D eigenvalue weighted by atomic mass is 32.2.